The SMILES string of the molecule is CN=C(NCCc1cccc(F)c1)NCCc1sc(C)nc1C. The van der Waals surface area contributed by atoms with Crippen LogP contribution in [-0.2, 0) is 12.8 Å². The summed E-state index contributed by atoms with van der Waals surface area (Å²) in [5.74, 6) is 0.570. The Morgan fingerprint density at radius 1 is 1.22 bits per heavy atom. The molecule has 0 aliphatic rings. The molecular formula is C17H23FN4S. The second kappa shape index (κ2) is 8.62. The van der Waals surface area contributed by atoms with Crippen LogP contribution in [0.25, 0.3) is 0 Å². The molecular weight excluding hydrogens is 311 g/mol. The molecule has 2 aromatic rings. The maximum absolute atomic E-state index is 13.1. The number of hydrogen-bond acceptors (Lipinski definition) is 3. The summed E-state index contributed by atoms with van der Waals surface area (Å²) in [6, 6.07) is 6.68. The van der Waals surface area contributed by atoms with Crippen molar-refractivity contribution in [3.05, 3.63) is 51.2 Å². The van der Waals surface area contributed by atoms with E-state index < -0.39 is 0 Å². The molecule has 6 heteroatoms. The van der Waals surface area contributed by atoms with Gasteiger partial charge in [-0.1, -0.05) is 12.1 Å². The number of aliphatic imine (C=N–C) groups is 1. The molecule has 1 heterocycles. The molecule has 0 spiro atoms. The lowest BCUT2D eigenvalue weighted by molar-refractivity contribution is 0.625. The molecule has 0 unspecified atom stereocenters. The summed E-state index contributed by atoms with van der Waals surface area (Å²) in [6.45, 7) is 5.59. The molecule has 0 fully saturated rings. The Labute approximate surface area is 140 Å². The molecule has 0 saturated heterocycles. The third kappa shape index (κ3) is 5.63. The zero-order valence-electron chi connectivity index (χ0n) is 13.8. The van der Waals surface area contributed by atoms with Crippen molar-refractivity contribution in [1.82, 2.24) is 15.6 Å². The molecule has 0 radical (unpaired) electrons. The van der Waals surface area contributed by atoms with Crippen LogP contribution in [0.1, 0.15) is 21.1 Å². The molecule has 0 aliphatic carbocycles. The highest BCUT2D eigenvalue weighted by atomic mass is 32.1. The van der Waals surface area contributed by atoms with Gasteiger partial charge in [-0.25, -0.2) is 9.37 Å². The van der Waals surface area contributed by atoms with Crippen molar-refractivity contribution in [1.29, 1.82) is 0 Å². The first-order valence-corrected chi connectivity index (χ1v) is 8.52. The van der Waals surface area contributed by atoms with Crippen molar-refractivity contribution in [3.63, 3.8) is 0 Å². The normalized spacial score (nSPS) is 11.6. The van der Waals surface area contributed by atoms with Crippen molar-refractivity contribution in [2.75, 3.05) is 20.1 Å². The lowest BCUT2D eigenvalue weighted by Crippen LogP contribution is -2.39. The summed E-state index contributed by atoms with van der Waals surface area (Å²) >= 11 is 1.74. The summed E-state index contributed by atoms with van der Waals surface area (Å²) in [5.41, 5.74) is 2.09. The van der Waals surface area contributed by atoms with Crippen LogP contribution in [0.5, 0.6) is 0 Å². The van der Waals surface area contributed by atoms with Gasteiger partial charge in [0.05, 0.1) is 10.7 Å². The molecule has 1 aromatic carbocycles. The van der Waals surface area contributed by atoms with Gasteiger partial charge in [-0.3, -0.25) is 4.99 Å². The van der Waals surface area contributed by atoms with Crippen LogP contribution in [0.3, 0.4) is 0 Å². The largest absolute Gasteiger partial charge is 0.356 e. The van der Waals surface area contributed by atoms with E-state index in [0.717, 1.165) is 41.6 Å². The topological polar surface area (TPSA) is 49.3 Å². The fraction of sp³-hybridized carbons (Fsp3) is 0.412. The maximum Gasteiger partial charge on any atom is 0.190 e. The van der Waals surface area contributed by atoms with Crippen molar-refractivity contribution in [2.24, 2.45) is 4.99 Å². The van der Waals surface area contributed by atoms with Crippen LogP contribution in [0.2, 0.25) is 0 Å². The summed E-state index contributed by atoms with van der Waals surface area (Å²) < 4.78 is 13.1. The Balaban J connectivity index is 1.72. The highest BCUT2D eigenvalue weighted by molar-refractivity contribution is 7.11. The Bertz CT molecular complexity index is 666. The molecule has 1 aromatic heterocycles. The Morgan fingerprint density at radius 3 is 2.57 bits per heavy atom. The quantitative estimate of drug-likeness (QED) is 0.631. The average Bonchev–Trinajstić information content (AvgIpc) is 2.83. The van der Waals surface area contributed by atoms with Crippen LogP contribution in [0, 0.1) is 19.7 Å². The van der Waals surface area contributed by atoms with Crippen LogP contribution in [0.15, 0.2) is 29.3 Å². The van der Waals surface area contributed by atoms with Gasteiger partial charge in [0.2, 0.25) is 0 Å². The first-order chi connectivity index (χ1) is 11.1. The van der Waals surface area contributed by atoms with Crippen LogP contribution >= 0.6 is 11.3 Å². The van der Waals surface area contributed by atoms with Gasteiger partial charge >= 0.3 is 0 Å². The summed E-state index contributed by atoms with van der Waals surface area (Å²) in [7, 11) is 1.75. The van der Waals surface area contributed by atoms with Crippen LogP contribution in [0.4, 0.5) is 4.39 Å². The highest BCUT2D eigenvalue weighted by Gasteiger charge is 2.05. The summed E-state index contributed by atoms with van der Waals surface area (Å²) in [4.78, 5) is 9.95. The van der Waals surface area contributed by atoms with Crippen molar-refractivity contribution in [3.8, 4) is 0 Å². The van der Waals surface area contributed by atoms with Crippen LogP contribution in [-0.4, -0.2) is 31.1 Å². The fourth-order valence-electron chi connectivity index (χ4n) is 2.34. The molecule has 23 heavy (non-hydrogen) atoms. The third-order valence-electron chi connectivity index (χ3n) is 3.46. The van der Waals surface area contributed by atoms with E-state index in [1.807, 2.05) is 19.9 Å². The fourth-order valence-corrected chi connectivity index (χ4v) is 3.27. The zero-order chi connectivity index (χ0) is 16.7. The van der Waals surface area contributed by atoms with E-state index in [0.29, 0.717) is 6.54 Å². The number of hydrogen-bond donors (Lipinski definition) is 2. The molecule has 124 valence electrons. The van der Waals surface area contributed by atoms with Gasteiger partial charge in [0.25, 0.3) is 0 Å². The van der Waals surface area contributed by atoms with Crippen molar-refractivity contribution < 1.29 is 4.39 Å². The summed E-state index contributed by atoms with van der Waals surface area (Å²) in [5, 5.41) is 7.65. The lowest BCUT2D eigenvalue weighted by atomic mass is 10.1. The van der Waals surface area contributed by atoms with Crippen molar-refractivity contribution >= 4 is 17.3 Å². The first kappa shape index (κ1) is 17.4. The molecule has 0 atom stereocenters. The van der Waals surface area contributed by atoms with E-state index in [2.05, 4.69) is 20.6 Å². The molecule has 2 rings (SSSR count). The van der Waals surface area contributed by atoms with E-state index >= 15 is 0 Å². The number of rotatable bonds is 6. The molecule has 0 aliphatic heterocycles. The van der Waals surface area contributed by atoms with Crippen LogP contribution < -0.4 is 10.6 Å². The van der Waals surface area contributed by atoms with Gasteiger partial charge < -0.3 is 10.6 Å². The minimum atomic E-state index is -0.194. The van der Waals surface area contributed by atoms with Crippen molar-refractivity contribution in [2.45, 2.75) is 26.7 Å². The van der Waals surface area contributed by atoms with Gasteiger partial charge in [-0.15, -0.1) is 11.3 Å². The van der Waals surface area contributed by atoms with Gasteiger partial charge in [-0.2, -0.15) is 0 Å². The zero-order valence-corrected chi connectivity index (χ0v) is 14.6. The highest BCUT2D eigenvalue weighted by Crippen LogP contribution is 2.16. The second-order valence-electron chi connectivity index (χ2n) is 5.30. The van der Waals surface area contributed by atoms with E-state index in [9.17, 15) is 4.39 Å². The summed E-state index contributed by atoms with van der Waals surface area (Å²) in [6.07, 6.45) is 1.69. The van der Waals surface area contributed by atoms with Gasteiger partial charge in [0, 0.05) is 31.4 Å². The second-order valence-corrected chi connectivity index (χ2v) is 6.58. The number of guanidine groups is 1. The van der Waals surface area contributed by atoms with E-state index in [-0.39, 0.29) is 5.82 Å². The number of nitrogens with one attached hydrogen (secondary N) is 2. The van der Waals surface area contributed by atoms with Gasteiger partial charge in [-0.05, 0) is 38.0 Å². The van der Waals surface area contributed by atoms with E-state index in [1.54, 1.807) is 30.5 Å². The molecule has 4 nitrogen and oxygen atoms in total. The van der Waals surface area contributed by atoms with Gasteiger partial charge in [0.15, 0.2) is 5.96 Å². The lowest BCUT2D eigenvalue weighted by Gasteiger charge is -2.11. The molecule has 0 saturated carbocycles. The predicted molar refractivity (Wildman–Crippen MR) is 94.8 cm³/mol. The van der Waals surface area contributed by atoms with Gasteiger partial charge in [0.1, 0.15) is 5.82 Å². The maximum atomic E-state index is 13.1. The number of benzene rings is 1. The standard InChI is InChI=1S/C17H23FN4S/c1-12-16(23-13(2)22-12)8-10-21-17(19-3)20-9-7-14-5-4-6-15(18)11-14/h4-6,11H,7-10H2,1-3H3,(H2,19,20,21). The third-order valence-corrected chi connectivity index (χ3v) is 4.60. The molecule has 0 amide bonds. The first-order valence-electron chi connectivity index (χ1n) is 7.70. The number of nitrogens with zero attached hydrogens (tertiary/aromatic N) is 2. The van der Waals surface area contributed by atoms with E-state index in [4.69, 9.17) is 0 Å². The monoisotopic (exact) mass is 334 g/mol. The Morgan fingerprint density at radius 2 is 1.96 bits per heavy atom. The number of aryl methyl sites for hydroxylation is 2. The molecule has 2 N–H and O–H groups in total. The smallest absolute Gasteiger partial charge is 0.190 e. The number of halogens is 1. The minimum Gasteiger partial charge on any atom is -0.356 e. The predicted octanol–water partition coefficient (Wildman–Crippen LogP) is 2.85. The average molecular weight is 334 g/mol. The molecule has 0 bridgehead atoms. The Kier molecular flexibility index (Phi) is 6.52. The van der Waals surface area contributed by atoms with E-state index in [1.165, 1.54) is 10.9 Å². The minimum absolute atomic E-state index is 0.194. The Hall–Kier alpha value is -1.95. The number of thiazole rings is 1. The number of aromatic nitrogens is 1.